The van der Waals surface area contributed by atoms with Crippen molar-refractivity contribution in [2.75, 3.05) is 26.4 Å². The molecule has 0 atom stereocenters. The molecule has 0 aliphatic carbocycles. The summed E-state index contributed by atoms with van der Waals surface area (Å²) in [5.41, 5.74) is 0. The van der Waals surface area contributed by atoms with Crippen molar-refractivity contribution in [1.29, 1.82) is 0 Å². The maximum absolute atomic E-state index is 5.07. The van der Waals surface area contributed by atoms with E-state index >= 15 is 0 Å². The normalized spacial score (nSPS) is 22.2. The number of rotatable bonds is 0. The second-order valence-electron chi connectivity index (χ2n) is 3.35. The minimum atomic E-state index is 0. The third kappa shape index (κ3) is 9.23. The Morgan fingerprint density at radius 3 is 0.923 bits per heavy atom. The van der Waals surface area contributed by atoms with Gasteiger partial charge in [-0.3, -0.25) is 0 Å². The van der Waals surface area contributed by atoms with Gasteiger partial charge in [-0.25, -0.2) is 0 Å². The summed E-state index contributed by atoms with van der Waals surface area (Å²) in [6, 6.07) is 0. The molecule has 2 fully saturated rings. The zero-order valence-corrected chi connectivity index (χ0v) is 10.9. The summed E-state index contributed by atoms with van der Waals surface area (Å²) in [7, 11) is 0. The minimum absolute atomic E-state index is 0. The molecule has 0 amide bonds. The van der Waals surface area contributed by atoms with Gasteiger partial charge in [0.1, 0.15) is 0 Å². The van der Waals surface area contributed by atoms with E-state index in [-0.39, 0.29) is 31.0 Å². The summed E-state index contributed by atoms with van der Waals surface area (Å²) >= 11 is 0. The van der Waals surface area contributed by atoms with Crippen molar-refractivity contribution in [2.24, 2.45) is 0 Å². The summed E-state index contributed by atoms with van der Waals surface area (Å²) in [4.78, 5) is 0. The van der Waals surface area contributed by atoms with E-state index in [1.165, 1.54) is 38.5 Å². The molecule has 0 bridgehead atoms. The van der Waals surface area contributed by atoms with E-state index in [2.05, 4.69) is 0 Å². The molecule has 0 aromatic carbocycles. The van der Waals surface area contributed by atoms with Crippen LogP contribution in [-0.4, -0.2) is 26.4 Å². The van der Waals surface area contributed by atoms with E-state index in [1.54, 1.807) is 0 Å². The quantitative estimate of drug-likeness (QED) is 0.486. The first kappa shape index (κ1) is 13.9. The van der Waals surface area contributed by atoms with E-state index in [0.29, 0.717) is 0 Å². The molecular weight excluding hydrogens is 175 g/mol. The third-order valence-electron chi connectivity index (χ3n) is 2.15. The summed E-state index contributed by atoms with van der Waals surface area (Å²) in [5.74, 6) is 0. The zero-order valence-electron chi connectivity index (χ0n) is 9.89. The first-order chi connectivity index (χ1) is 6.00. The molecule has 0 radical (unpaired) electrons. The Bertz CT molecular complexity index is 61.1. The molecule has 0 aromatic rings. The van der Waals surface area contributed by atoms with Crippen LogP contribution in [0.15, 0.2) is 0 Å². The van der Waals surface area contributed by atoms with E-state index in [1.807, 2.05) is 0 Å². The van der Waals surface area contributed by atoms with Crippen LogP contribution in [0.3, 0.4) is 0 Å². The third-order valence-corrected chi connectivity index (χ3v) is 2.15. The van der Waals surface area contributed by atoms with Gasteiger partial charge in [0.2, 0.25) is 0 Å². The molecular formula is C10H21NaO2. The van der Waals surface area contributed by atoms with Crippen molar-refractivity contribution in [3.8, 4) is 0 Å². The van der Waals surface area contributed by atoms with Gasteiger partial charge in [-0.1, -0.05) is 0 Å². The first-order valence-corrected chi connectivity index (χ1v) is 5.15. The van der Waals surface area contributed by atoms with Crippen molar-refractivity contribution in [1.82, 2.24) is 0 Å². The average molecular weight is 196 g/mol. The second kappa shape index (κ2) is 11.0. The van der Waals surface area contributed by atoms with E-state index in [4.69, 9.17) is 9.47 Å². The molecule has 13 heavy (non-hydrogen) atoms. The van der Waals surface area contributed by atoms with Gasteiger partial charge in [0.25, 0.3) is 0 Å². The Hall–Kier alpha value is 0.920. The molecule has 2 saturated heterocycles. The standard InChI is InChI=1S/2C5H10O.Na.H/c2*1-2-4-6-5-3-1;;/h2*1-5H2;;/q;;+1;-1. The maximum atomic E-state index is 5.07. The fourth-order valence-electron chi connectivity index (χ4n) is 1.37. The molecule has 74 valence electrons. The predicted octanol–water partition coefficient (Wildman–Crippen LogP) is -0.510. The van der Waals surface area contributed by atoms with Gasteiger partial charge in [-0.05, 0) is 38.5 Å². The Balaban J connectivity index is 0. The maximum Gasteiger partial charge on any atom is 1.00 e. The molecule has 2 nitrogen and oxygen atoms in total. The van der Waals surface area contributed by atoms with Crippen molar-refractivity contribution in [2.45, 2.75) is 38.5 Å². The average Bonchev–Trinajstić information content (AvgIpc) is 2.24. The SMILES string of the molecule is C1CCOCC1.C1CCOCC1.[H-].[Na+]. The van der Waals surface area contributed by atoms with E-state index in [9.17, 15) is 0 Å². The van der Waals surface area contributed by atoms with Gasteiger partial charge in [-0.15, -0.1) is 0 Å². The molecule has 2 aliphatic heterocycles. The summed E-state index contributed by atoms with van der Waals surface area (Å²) in [6.07, 6.45) is 7.86. The van der Waals surface area contributed by atoms with Crippen LogP contribution in [-0.2, 0) is 9.47 Å². The van der Waals surface area contributed by atoms with Crippen LogP contribution < -0.4 is 29.6 Å². The molecule has 2 heterocycles. The van der Waals surface area contributed by atoms with Gasteiger partial charge < -0.3 is 10.9 Å². The van der Waals surface area contributed by atoms with Crippen LogP contribution in [0.2, 0.25) is 0 Å². The van der Waals surface area contributed by atoms with Gasteiger partial charge in [-0.2, -0.15) is 0 Å². The van der Waals surface area contributed by atoms with Crippen LogP contribution in [0.25, 0.3) is 0 Å². The molecule has 3 heteroatoms. The predicted molar refractivity (Wildman–Crippen MR) is 50.5 cm³/mol. The number of hydrogen-bond acceptors (Lipinski definition) is 2. The topological polar surface area (TPSA) is 18.5 Å². The molecule has 0 N–H and O–H groups in total. The molecule has 0 saturated carbocycles. The Labute approximate surface area is 105 Å². The fourth-order valence-corrected chi connectivity index (χ4v) is 1.37. The van der Waals surface area contributed by atoms with Crippen molar-refractivity contribution in [3.05, 3.63) is 0 Å². The van der Waals surface area contributed by atoms with Gasteiger partial charge in [0, 0.05) is 26.4 Å². The van der Waals surface area contributed by atoms with Gasteiger partial charge in [0.15, 0.2) is 0 Å². The largest absolute Gasteiger partial charge is 1.00 e. The summed E-state index contributed by atoms with van der Waals surface area (Å²) in [6.45, 7) is 4.00. The fraction of sp³-hybridized carbons (Fsp3) is 1.00. The van der Waals surface area contributed by atoms with E-state index < -0.39 is 0 Å². The van der Waals surface area contributed by atoms with Crippen molar-refractivity contribution in [3.63, 3.8) is 0 Å². The molecule has 2 rings (SSSR count). The van der Waals surface area contributed by atoms with Crippen LogP contribution >= 0.6 is 0 Å². The van der Waals surface area contributed by atoms with Crippen molar-refractivity contribution >= 4 is 0 Å². The molecule has 0 spiro atoms. The van der Waals surface area contributed by atoms with E-state index in [0.717, 1.165) is 26.4 Å². The van der Waals surface area contributed by atoms with Crippen LogP contribution in [0.5, 0.6) is 0 Å². The Morgan fingerprint density at radius 1 is 0.538 bits per heavy atom. The minimum Gasteiger partial charge on any atom is -1.00 e. The Kier molecular flexibility index (Phi) is 11.8. The summed E-state index contributed by atoms with van der Waals surface area (Å²) < 4.78 is 10.1. The molecule has 2 aliphatic rings. The number of hydrogen-bond donors (Lipinski definition) is 0. The van der Waals surface area contributed by atoms with Gasteiger partial charge in [0.05, 0.1) is 0 Å². The number of ether oxygens (including phenoxy) is 2. The van der Waals surface area contributed by atoms with Crippen LogP contribution in [0.1, 0.15) is 40.0 Å². The first-order valence-electron chi connectivity index (χ1n) is 5.15. The summed E-state index contributed by atoms with van der Waals surface area (Å²) in [5, 5.41) is 0. The second-order valence-corrected chi connectivity index (χ2v) is 3.35. The molecule has 0 unspecified atom stereocenters. The zero-order chi connectivity index (χ0) is 8.49. The van der Waals surface area contributed by atoms with Crippen LogP contribution in [0, 0.1) is 0 Å². The Morgan fingerprint density at radius 2 is 0.846 bits per heavy atom. The smallest absolute Gasteiger partial charge is 1.00 e. The van der Waals surface area contributed by atoms with Crippen molar-refractivity contribution < 1.29 is 40.5 Å². The van der Waals surface area contributed by atoms with Crippen LogP contribution in [0.4, 0.5) is 0 Å². The monoisotopic (exact) mass is 196 g/mol. The van der Waals surface area contributed by atoms with Gasteiger partial charge >= 0.3 is 29.6 Å². The molecule has 0 aromatic heterocycles.